The molecule has 24 heavy (non-hydrogen) atoms. The lowest BCUT2D eigenvalue weighted by Crippen LogP contribution is -2.53. The van der Waals surface area contributed by atoms with E-state index >= 15 is 0 Å². The Morgan fingerprint density at radius 3 is 2.75 bits per heavy atom. The van der Waals surface area contributed by atoms with Crippen molar-refractivity contribution in [3.8, 4) is 0 Å². The molecule has 128 valence electrons. The second-order valence-corrected chi connectivity index (χ2v) is 6.10. The summed E-state index contributed by atoms with van der Waals surface area (Å²) in [5, 5.41) is 20.2. The molecule has 8 nitrogen and oxygen atoms in total. The maximum absolute atomic E-state index is 12.7. The predicted octanol–water partition coefficient (Wildman–Crippen LogP) is -0.140. The minimum absolute atomic E-state index is 0.0417. The Bertz CT molecular complexity index is 658. The topological polar surface area (TPSA) is 87.4 Å². The molecule has 0 radical (unpaired) electrons. The van der Waals surface area contributed by atoms with Crippen molar-refractivity contribution < 1.29 is 9.90 Å². The molecule has 1 aromatic heterocycles. The van der Waals surface area contributed by atoms with Crippen molar-refractivity contribution in [2.45, 2.75) is 19.0 Å². The molecule has 3 rings (SSSR count). The average molecular weight is 330 g/mol. The predicted molar refractivity (Wildman–Crippen MR) is 87.4 cm³/mol. The Morgan fingerprint density at radius 1 is 1.29 bits per heavy atom. The van der Waals surface area contributed by atoms with Crippen molar-refractivity contribution in [2.75, 3.05) is 33.3 Å². The van der Waals surface area contributed by atoms with Crippen LogP contribution in [-0.2, 0) is 6.54 Å². The summed E-state index contributed by atoms with van der Waals surface area (Å²) in [6.07, 6.45) is 2.25. The van der Waals surface area contributed by atoms with Gasteiger partial charge in [-0.25, -0.2) is 4.68 Å². The molecule has 8 heteroatoms. The lowest BCUT2D eigenvalue weighted by molar-refractivity contribution is 0.0500. The number of rotatable bonds is 5. The minimum Gasteiger partial charge on any atom is -0.396 e. The Labute approximate surface area is 140 Å². The van der Waals surface area contributed by atoms with Gasteiger partial charge >= 0.3 is 0 Å². The number of carbonyl (C=O) groups is 1. The zero-order chi connectivity index (χ0) is 16.9. The molecule has 0 saturated carbocycles. The highest BCUT2D eigenvalue weighted by Gasteiger charge is 2.27. The molecule has 1 N–H and O–H groups in total. The zero-order valence-corrected chi connectivity index (χ0v) is 13.7. The number of hydrogen-bond acceptors (Lipinski definition) is 6. The molecule has 0 aliphatic carbocycles. The van der Waals surface area contributed by atoms with Gasteiger partial charge in [-0.05, 0) is 41.6 Å². The molecular formula is C16H22N6O2. The zero-order valence-electron chi connectivity index (χ0n) is 13.7. The van der Waals surface area contributed by atoms with Crippen LogP contribution in [0.5, 0.6) is 0 Å². The van der Waals surface area contributed by atoms with Gasteiger partial charge in [0.2, 0.25) is 0 Å². The van der Waals surface area contributed by atoms with Crippen molar-refractivity contribution in [1.82, 2.24) is 30.0 Å². The fraction of sp³-hybridized carbons (Fsp3) is 0.500. The number of aliphatic hydroxyl groups excluding tert-OH is 1. The first-order valence-electron chi connectivity index (χ1n) is 8.07. The van der Waals surface area contributed by atoms with Gasteiger partial charge < -0.3 is 10.0 Å². The highest BCUT2D eigenvalue weighted by atomic mass is 16.3. The third kappa shape index (κ3) is 3.77. The summed E-state index contributed by atoms with van der Waals surface area (Å²) < 4.78 is 1.64. The van der Waals surface area contributed by atoms with E-state index in [1.54, 1.807) is 11.0 Å². The van der Waals surface area contributed by atoms with Crippen molar-refractivity contribution in [2.24, 2.45) is 0 Å². The Hall–Kier alpha value is -2.32. The monoisotopic (exact) mass is 330 g/mol. The van der Waals surface area contributed by atoms with Gasteiger partial charge in [0.25, 0.3) is 5.91 Å². The molecule has 2 heterocycles. The first kappa shape index (κ1) is 16.5. The van der Waals surface area contributed by atoms with Crippen LogP contribution in [0, 0.1) is 0 Å². The highest BCUT2D eigenvalue weighted by molar-refractivity contribution is 5.94. The van der Waals surface area contributed by atoms with Crippen LogP contribution < -0.4 is 0 Å². The van der Waals surface area contributed by atoms with Gasteiger partial charge in [-0.1, -0.05) is 12.1 Å². The molecule has 0 spiro atoms. The summed E-state index contributed by atoms with van der Waals surface area (Å²) in [4.78, 5) is 16.8. The summed E-state index contributed by atoms with van der Waals surface area (Å²) in [7, 11) is 2.04. The normalized spacial score (nSPS) is 18.8. The minimum atomic E-state index is 0.0417. The molecule has 1 atom stereocenters. The standard InChI is InChI=1S/C16H22N6O2/c1-20-7-8-21(11-15(20)6-9-23)16(24)14-4-2-13(3-5-14)10-22-12-17-18-19-22/h2-5,12,15,23H,6-11H2,1H3/t15-/m0/s1. The van der Waals surface area contributed by atoms with E-state index < -0.39 is 0 Å². The number of benzene rings is 1. The number of aliphatic hydroxyl groups is 1. The summed E-state index contributed by atoms with van der Waals surface area (Å²) in [6.45, 7) is 2.91. The Balaban J connectivity index is 1.64. The average Bonchev–Trinajstić information content (AvgIpc) is 3.10. The van der Waals surface area contributed by atoms with Gasteiger partial charge in [0.05, 0.1) is 6.54 Å². The number of amides is 1. The van der Waals surface area contributed by atoms with Gasteiger partial charge in [0.1, 0.15) is 6.33 Å². The maximum atomic E-state index is 12.7. The summed E-state index contributed by atoms with van der Waals surface area (Å²) in [5.74, 6) is 0.0417. The van der Waals surface area contributed by atoms with Crippen LogP contribution in [0.4, 0.5) is 0 Å². The molecule has 1 amide bonds. The lowest BCUT2D eigenvalue weighted by atomic mass is 10.1. The quantitative estimate of drug-likeness (QED) is 0.821. The molecule has 1 aliphatic rings. The molecule has 1 aliphatic heterocycles. The van der Waals surface area contributed by atoms with Crippen LogP contribution in [0.3, 0.4) is 0 Å². The van der Waals surface area contributed by atoms with E-state index in [0.717, 1.165) is 12.1 Å². The number of nitrogens with zero attached hydrogens (tertiary/aromatic N) is 6. The Kier molecular flexibility index (Phi) is 5.17. The van der Waals surface area contributed by atoms with E-state index in [4.69, 9.17) is 5.11 Å². The van der Waals surface area contributed by atoms with E-state index in [1.165, 1.54) is 0 Å². The van der Waals surface area contributed by atoms with Gasteiger partial charge in [-0.3, -0.25) is 9.69 Å². The molecular weight excluding hydrogens is 308 g/mol. The van der Waals surface area contributed by atoms with Crippen LogP contribution in [0.1, 0.15) is 22.3 Å². The molecule has 2 aromatic rings. The molecule has 0 unspecified atom stereocenters. The highest BCUT2D eigenvalue weighted by Crippen LogP contribution is 2.15. The van der Waals surface area contributed by atoms with E-state index in [1.807, 2.05) is 36.2 Å². The second-order valence-electron chi connectivity index (χ2n) is 6.10. The molecule has 1 saturated heterocycles. The summed E-state index contributed by atoms with van der Waals surface area (Å²) in [5.41, 5.74) is 1.72. The van der Waals surface area contributed by atoms with Crippen molar-refractivity contribution >= 4 is 5.91 Å². The fourth-order valence-electron chi connectivity index (χ4n) is 2.97. The van der Waals surface area contributed by atoms with Crippen LogP contribution in [0.2, 0.25) is 0 Å². The van der Waals surface area contributed by atoms with E-state index in [9.17, 15) is 4.79 Å². The number of tetrazole rings is 1. The van der Waals surface area contributed by atoms with E-state index in [2.05, 4.69) is 20.4 Å². The molecule has 1 aromatic carbocycles. The first-order chi connectivity index (χ1) is 11.7. The largest absolute Gasteiger partial charge is 0.396 e. The van der Waals surface area contributed by atoms with E-state index in [0.29, 0.717) is 31.6 Å². The van der Waals surface area contributed by atoms with Crippen LogP contribution in [-0.4, -0.2) is 80.4 Å². The smallest absolute Gasteiger partial charge is 0.253 e. The molecule has 1 fully saturated rings. The van der Waals surface area contributed by atoms with Crippen LogP contribution in [0.15, 0.2) is 30.6 Å². The lowest BCUT2D eigenvalue weighted by Gasteiger charge is -2.39. The van der Waals surface area contributed by atoms with Crippen LogP contribution >= 0.6 is 0 Å². The van der Waals surface area contributed by atoms with Crippen LogP contribution in [0.25, 0.3) is 0 Å². The Morgan fingerprint density at radius 2 is 2.08 bits per heavy atom. The molecule has 0 bridgehead atoms. The number of aromatic nitrogens is 4. The van der Waals surface area contributed by atoms with Gasteiger partial charge in [0, 0.05) is 37.8 Å². The second kappa shape index (κ2) is 7.50. The van der Waals surface area contributed by atoms with Crippen molar-refractivity contribution in [3.05, 3.63) is 41.7 Å². The first-order valence-corrected chi connectivity index (χ1v) is 8.07. The summed E-state index contributed by atoms with van der Waals surface area (Å²) >= 11 is 0. The summed E-state index contributed by atoms with van der Waals surface area (Å²) in [6, 6.07) is 7.77. The number of likely N-dealkylation sites (N-methyl/N-ethyl adjacent to an activating group) is 1. The van der Waals surface area contributed by atoms with Crippen molar-refractivity contribution in [3.63, 3.8) is 0 Å². The number of piperazine rings is 1. The third-order valence-electron chi connectivity index (χ3n) is 4.46. The van der Waals surface area contributed by atoms with E-state index in [-0.39, 0.29) is 18.6 Å². The van der Waals surface area contributed by atoms with Gasteiger partial charge in [-0.2, -0.15) is 0 Å². The number of hydrogen-bond donors (Lipinski definition) is 1. The third-order valence-corrected chi connectivity index (χ3v) is 4.46. The maximum Gasteiger partial charge on any atom is 0.253 e. The SMILES string of the molecule is CN1CCN(C(=O)c2ccc(Cn3cnnn3)cc2)C[C@@H]1CCO. The number of carbonyl (C=O) groups excluding carboxylic acids is 1. The fourth-order valence-corrected chi connectivity index (χ4v) is 2.97. The van der Waals surface area contributed by atoms with Gasteiger partial charge in [-0.15, -0.1) is 5.10 Å². The van der Waals surface area contributed by atoms with Gasteiger partial charge in [0.15, 0.2) is 0 Å². The van der Waals surface area contributed by atoms with Crippen molar-refractivity contribution in [1.29, 1.82) is 0 Å².